The molecule has 0 aliphatic carbocycles. The number of aromatic nitrogens is 2. The van der Waals surface area contributed by atoms with Crippen molar-refractivity contribution in [1.82, 2.24) is 9.55 Å². The quantitative estimate of drug-likeness (QED) is 0.211. The van der Waals surface area contributed by atoms with Crippen LogP contribution in [0.2, 0.25) is 0 Å². The van der Waals surface area contributed by atoms with Crippen LogP contribution in [0.15, 0.2) is 91.1 Å². The third kappa shape index (κ3) is 5.18. The zero-order valence-corrected chi connectivity index (χ0v) is 26.3. The van der Waals surface area contributed by atoms with Gasteiger partial charge in [0.2, 0.25) is 0 Å². The minimum Gasteiger partial charge on any atom is -0.507 e. The second kappa shape index (κ2) is 11.3. The molecular formula is C38H42N4O. The van der Waals surface area contributed by atoms with E-state index in [2.05, 4.69) is 130 Å². The molecule has 0 spiro atoms. The smallest absolute Gasteiger partial charge is 0.148 e. The summed E-state index contributed by atoms with van der Waals surface area (Å²) in [4.78, 5) is 9.87. The maximum atomic E-state index is 11.0. The Balaban J connectivity index is 1.56. The van der Waals surface area contributed by atoms with E-state index in [1.54, 1.807) is 6.07 Å². The minimum absolute atomic E-state index is 0.224. The highest BCUT2D eigenvalue weighted by Crippen LogP contribution is 2.42. The molecule has 1 aliphatic rings. The molecule has 4 aromatic carbocycles. The SMILES string of the molecule is CC(C)c1cc(C(C)C)c(-n2cc(-c3cccc(N4CN(C)c5ccccc54)c3)nc2-c2ccccc2O)c(C(C)C)c1. The predicted octanol–water partition coefficient (Wildman–Crippen LogP) is 9.83. The number of para-hydroxylation sites is 3. The molecule has 0 unspecified atom stereocenters. The molecule has 43 heavy (non-hydrogen) atoms. The highest BCUT2D eigenvalue weighted by atomic mass is 16.3. The second-order valence-electron chi connectivity index (χ2n) is 12.7. The first-order valence-corrected chi connectivity index (χ1v) is 15.4. The van der Waals surface area contributed by atoms with Gasteiger partial charge in [0.25, 0.3) is 0 Å². The van der Waals surface area contributed by atoms with E-state index in [9.17, 15) is 5.11 Å². The number of imidazole rings is 1. The first kappa shape index (κ1) is 28.6. The van der Waals surface area contributed by atoms with E-state index in [0.717, 1.165) is 40.7 Å². The molecule has 0 bridgehead atoms. The monoisotopic (exact) mass is 570 g/mol. The Hall–Kier alpha value is -4.51. The first-order valence-electron chi connectivity index (χ1n) is 15.4. The molecular weight excluding hydrogens is 528 g/mol. The van der Waals surface area contributed by atoms with Crippen molar-refractivity contribution in [2.45, 2.75) is 59.3 Å². The van der Waals surface area contributed by atoms with Gasteiger partial charge in [-0.25, -0.2) is 4.98 Å². The number of anilines is 3. The van der Waals surface area contributed by atoms with Crippen LogP contribution in [0, 0.1) is 0 Å². The Kier molecular flexibility index (Phi) is 7.51. The van der Waals surface area contributed by atoms with Gasteiger partial charge in [-0.15, -0.1) is 0 Å². The van der Waals surface area contributed by atoms with Crippen molar-refractivity contribution >= 4 is 17.1 Å². The molecule has 5 aromatic rings. The van der Waals surface area contributed by atoms with E-state index in [-0.39, 0.29) is 5.75 Å². The number of phenols is 1. The summed E-state index contributed by atoms with van der Waals surface area (Å²) in [6.07, 6.45) is 2.16. The van der Waals surface area contributed by atoms with Crippen LogP contribution in [0.25, 0.3) is 28.3 Å². The van der Waals surface area contributed by atoms with Gasteiger partial charge in [-0.1, -0.05) is 90.1 Å². The fraction of sp³-hybridized carbons (Fsp3) is 0.289. The number of phenolic OH excluding ortho intramolecular Hbond substituents is 1. The molecule has 0 saturated carbocycles. The van der Waals surface area contributed by atoms with E-state index >= 15 is 0 Å². The Morgan fingerprint density at radius 1 is 0.721 bits per heavy atom. The van der Waals surface area contributed by atoms with Gasteiger partial charge < -0.3 is 14.9 Å². The third-order valence-corrected chi connectivity index (χ3v) is 8.58. The van der Waals surface area contributed by atoms with Gasteiger partial charge in [0.05, 0.1) is 35.0 Å². The Bertz CT molecular complexity index is 1750. The summed E-state index contributed by atoms with van der Waals surface area (Å²) in [5.74, 6) is 2.01. The minimum atomic E-state index is 0.224. The van der Waals surface area contributed by atoms with E-state index < -0.39 is 0 Å². The third-order valence-electron chi connectivity index (χ3n) is 8.58. The van der Waals surface area contributed by atoms with Crippen LogP contribution in [0.1, 0.15) is 76.0 Å². The van der Waals surface area contributed by atoms with Crippen LogP contribution in [-0.4, -0.2) is 28.4 Å². The zero-order valence-electron chi connectivity index (χ0n) is 26.3. The van der Waals surface area contributed by atoms with Crippen molar-refractivity contribution in [2.75, 3.05) is 23.5 Å². The van der Waals surface area contributed by atoms with Crippen molar-refractivity contribution in [1.29, 1.82) is 0 Å². The average molecular weight is 571 g/mol. The maximum absolute atomic E-state index is 11.0. The molecule has 1 N–H and O–H groups in total. The van der Waals surface area contributed by atoms with Crippen LogP contribution in [0.3, 0.4) is 0 Å². The molecule has 5 heteroatoms. The van der Waals surface area contributed by atoms with Crippen LogP contribution in [0.4, 0.5) is 17.1 Å². The molecule has 1 aliphatic heterocycles. The van der Waals surface area contributed by atoms with Gasteiger partial charge in [-0.3, -0.25) is 4.57 Å². The number of rotatable bonds is 7. The summed E-state index contributed by atoms with van der Waals surface area (Å²) in [6.45, 7) is 14.4. The van der Waals surface area contributed by atoms with E-state index in [0.29, 0.717) is 17.8 Å². The Labute approximate surface area is 256 Å². The summed E-state index contributed by atoms with van der Waals surface area (Å²) in [7, 11) is 2.13. The summed E-state index contributed by atoms with van der Waals surface area (Å²) < 4.78 is 2.23. The topological polar surface area (TPSA) is 44.5 Å². The van der Waals surface area contributed by atoms with Crippen molar-refractivity contribution in [3.63, 3.8) is 0 Å². The van der Waals surface area contributed by atoms with Crippen LogP contribution < -0.4 is 9.80 Å². The molecule has 0 fully saturated rings. The molecule has 2 heterocycles. The van der Waals surface area contributed by atoms with Crippen LogP contribution >= 0.6 is 0 Å². The number of hydrogen-bond donors (Lipinski definition) is 1. The van der Waals surface area contributed by atoms with E-state index in [4.69, 9.17) is 4.98 Å². The Morgan fingerprint density at radius 2 is 1.37 bits per heavy atom. The van der Waals surface area contributed by atoms with Gasteiger partial charge in [0.1, 0.15) is 11.6 Å². The van der Waals surface area contributed by atoms with Crippen molar-refractivity contribution < 1.29 is 5.11 Å². The largest absolute Gasteiger partial charge is 0.507 e. The fourth-order valence-electron chi connectivity index (χ4n) is 6.17. The molecule has 0 radical (unpaired) electrons. The van der Waals surface area contributed by atoms with Crippen LogP contribution in [-0.2, 0) is 0 Å². The van der Waals surface area contributed by atoms with Gasteiger partial charge in [0.15, 0.2) is 0 Å². The lowest BCUT2D eigenvalue weighted by Crippen LogP contribution is -2.23. The second-order valence-corrected chi connectivity index (χ2v) is 12.7. The summed E-state index contributed by atoms with van der Waals surface area (Å²) in [6, 6.07) is 29.4. The fourth-order valence-corrected chi connectivity index (χ4v) is 6.17. The molecule has 0 amide bonds. The van der Waals surface area contributed by atoms with Crippen molar-refractivity contribution in [3.8, 4) is 34.1 Å². The molecule has 1 aromatic heterocycles. The molecule has 6 rings (SSSR count). The van der Waals surface area contributed by atoms with Gasteiger partial charge in [-0.2, -0.15) is 0 Å². The molecule has 0 saturated heterocycles. The van der Waals surface area contributed by atoms with Gasteiger partial charge in [-0.05, 0) is 70.8 Å². The first-order chi connectivity index (χ1) is 20.6. The highest BCUT2D eigenvalue weighted by molar-refractivity contribution is 5.83. The Morgan fingerprint density at radius 3 is 2.02 bits per heavy atom. The number of hydrogen-bond acceptors (Lipinski definition) is 4. The predicted molar refractivity (Wildman–Crippen MR) is 180 cm³/mol. The summed E-state index contributed by atoms with van der Waals surface area (Å²) >= 11 is 0. The lowest BCUT2D eigenvalue weighted by atomic mass is 9.87. The number of benzene rings is 4. The molecule has 220 valence electrons. The summed E-state index contributed by atoms with van der Waals surface area (Å²) in [5, 5.41) is 11.0. The highest BCUT2D eigenvalue weighted by Gasteiger charge is 2.26. The average Bonchev–Trinajstić information content (AvgIpc) is 3.58. The summed E-state index contributed by atoms with van der Waals surface area (Å²) in [5.41, 5.74) is 11.3. The van der Waals surface area contributed by atoms with Crippen LogP contribution in [0.5, 0.6) is 5.75 Å². The number of fused-ring (bicyclic) bond motifs is 1. The van der Waals surface area contributed by atoms with E-state index in [1.165, 1.54) is 28.1 Å². The maximum Gasteiger partial charge on any atom is 0.148 e. The molecule has 5 nitrogen and oxygen atoms in total. The normalized spacial score (nSPS) is 13.1. The van der Waals surface area contributed by atoms with Crippen molar-refractivity contribution in [2.24, 2.45) is 0 Å². The van der Waals surface area contributed by atoms with Gasteiger partial charge in [0, 0.05) is 24.5 Å². The zero-order chi connectivity index (χ0) is 30.4. The number of nitrogens with zero attached hydrogens (tertiary/aromatic N) is 4. The van der Waals surface area contributed by atoms with Crippen molar-refractivity contribution in [3.05, 3.63) is 108 Å². The standard InChI is InChI=1S/C38H42N4O/c1-24(2)28-20-31(25(3)4)37(32(21-28)26(5)6)41-22-33(39-38(41)30-15-8-11-18-36(30)43)27-13-12-14-29(19-27)42-23-40(7)34-16-9-10-17-35(34)42/h8-22,24-26,43H,23H2,1-7H3. The lowest BCUT2D eigenvalue weighted by molar-refractivity contribution is 0.477. The number of aromatic hydroxyl groups is 1. The van der Waals surface area contributed by atoms with E-state index in [1.807, 2.05) is 18.2 Å². The molecule has 0 atom stereocenters. The lowest BCUT2D eigenvalue weighted by Gasteiger charge is -2.24. The van der Waals surface area contributed by atoms with Gasteiger partial charge >= 0.3 is 0 Å².